The van der Waals surface area contributed by atoms with Crippen LogP contribution in [0.1, 0.15) is 15.9 Å². The van der Waals surface area contributed by atoms with E-state index in [0.29, 0.717) is 21.3 Å². The number of amidine groups is 1. The number of nitrogens with zero attached hydrogens (tertiary/aromatic N) is 6. The minimum absolute atomic E-state index is 0.0647. The topological polar surface area (TPSA) is 166 Å². The predicted molar refractivity (Wildman–Crippen MR) is 146 cm³/mol. The third-order valence-electron chi connectivity index (χ3n) is 5.18. The number of thioether (sulfide) groups is 1. The first kappa shape index (κ1) is 26.1. The lowest BCUT2D eigenvalue weighted by atomic mass is 10.2. The molecule has 0 saturated carbocycles. The summed E-state index contributed by atoms with van der Waals surface area (Å²) >= 11 is 7.94. The SMILES string of the molecule is O=C1NC(=Nc2ccc(Cl)c(C(=O)O)c2)S/C1=C\c1ccc(Sc2nnnn2-c2ccccc2)c([N+](=O)[O-])c1. The van der Waals surface area contributed by atoms with E-state index in [0.717, 1.165) is 23.5 Å². The van der Waals surface area contributed by atoms with Gasteiger partial charge >= 0.3 is 5.97 Å². The van der Waals surface area contributed by atoms with Crippen LogP contribution in [0.5, 0.6) is 0 Å². The average Bonchev–Trinajstić information content (AvgIpc) is 3.52. The van der Waals surface area contributed by atoms with E-state index in [1.165, 1.54) is 35.0 Å². The number of carboxylic acid groups (broad SMARTS) is 1. The van der Waals surface area contributed by atoms with E-state index >= 15 is 0 Å². The molecule has 0 unspecified atom stereocenters. The summed E-state index contributed by atoms with van der Waals surface area (Å²) in [5, 5.41) is 36.0. The van der Waals surface area contributed by atoms with Crippen molar-refractivity contribution in [3.05, 3.63) is 97.9 Å². The summed E-state index contributed by atoms with van der Waals surface area (Å²) in [5.74, 6) is -1.65. The molecular formula is C24H14ClN7O5S2. The summed E-state index contributed by atoms with van der Waals surface area (Å²) in [4.78, 5) is 40.0. The minimum Gasteiger partial charge on any atom is -0.478 e. The Labute approximate surface area is 232 Å². The molecule has 194 valence electrons. The molecule has 12 nitrogen and oxygen atoms in total. The van der Waals surface area contributed by atoms with Crippen LogP contribution < -0.4 is 5.32 Å². The highest BCUT2D eigenvalue weighted by molar-refractivity contribution is 8.18. The van der Waals surface area contributed by atoms with Gasteiger partial charge in [-0.1, -0.05) is 35.9 Å². The van der Waals surface area contributed by atoms with E-state index < -0.39 is 16.8 Å². The van der Waals surface area contributed by atoms with Crippen LogP contribution in [0.4, 0.5) is 11.4 Å². The van der Waals surface area contributed by atoms with Gasteiger partial charge < -0.3 is 10.4 Å². The molecule has 15 heteroatoms. The first-order valence-electron chi connectivity index (χ1n) is 10.9. The van der Waals surface area contributed by atoms with Crippen molar-refractivity contribution in [3.8, 4) is 5.69 Å². The van der Waals surface area contributed by atoms with Crippen molar-refractivity contribution in [3.63, 3.8) is 0 Å². The first-order chi connectivity index (χ1) is 18.8. The number of nitro benzene ring substituents is 1. The number of aromatic nitrogens is 4. The number of aliphatic imine (C=N–C) groups is 1. The Kier molecular flexibility index (Phi) is 7.40. The monoisotopic (exact) mass is 579 g/mol. The van der Waals surface area contributed by atoms with E-state index in [4.69, 9.17) is 11.6 Å². The van der Waals surface area contributed by atoms with E-state index in [1.807, 2.05) is 30.3 Å². The number of tetrazole rings is 1. The zero-order valence-electron chi connectivity index (χ0n) is 19.4. The Morgan fingerprint density at radius 3 is 2.72 bits per heavy atom. The van der Waals surface area contributed by atoms with Gasteiger partial charge in [-0.3, -0.25) is 14.9 Å². The number of amides is 1. The van der Waals surface area contributed by atoms with Gasteiger partial charge in [-0.15, -0.1) is 5.10 Å². The minimum atomic E-state index is -1.20. The molecule has 1 fully saturated rings. The van der Waals surface area contributed by atoms with Crippen molar-refractivity contribution in [2.45, 2.75) is 10.1 Å². The van der Waals surface area contributed by atoms with Gasteiger partial charge in [-0.25, -0.2) is 9.79 Å². The number of nitrogens with one attached hydrogen (secondary N) is 1. The highest BCUT2D eigenvalue weighted by Gasteiger charge is 2.25. The fraction of sp³-hybridized carbons (Fsp3) is 0. The number of para-hydroxylation sites is 1. The van der Waals surface area contributed by atoms with E-state index in [2.05, 4.69) is 25.8 Å². The number of carbonyl (C=O) groups excluding carboxylic acids is 1. The highest BCUT2D eigenvalue weighted by Crippen LogP contribution is 2.36. The molecule has 0 radical (unpaired) electrons. The van der Waals surface area contributed by atoms with Gasteiger partial charge in [0.1, 0.15) is 0 Å². The summed E-state index contributed by atoms with van der Waals surface area (Å²) in [6.45, 7) is 0. The molecule has 1 amide bonds. The molecule has 0 aliphatic carbocycles. The summed E-state index contributed by atoms with van der Waals surface area (Å²) in [7, 11) is 0. The van der Waals surface area contributed by atoms with E-state index in [-0.39, 0.29) is 32.0 Å². The van der Waals surface area contributed by atoms with Gasteiger partial charge in [-0.05, 0) is 82.0 Å². The van der Waals surface area contributed by atoms with Gasteiger partial charge in [0.15, 0.2) is 5.17 Å². The molecule has 3 aromatic carbocycles. The maximum absolute atomic E-state index is 12.5. The second-order valence-corrected chi connectivity index (χ2v) is 10.2. The quantitative estimate of drug-likeness (QED) is 0.173. The van der Waals surface area contributed by atoms with Crippen molar-refractivity contribution in [2.75, 3.05) is 0 Å². The second kappa shape index (κ2) is 11.1. The fourth-order valence-corrected chi connectivity index (χ4v) is 5.34. The van der Waals surface area contributed by atoms with Crippen LogP contribution in [0.25, 0.3) is 11.8 Å². The van der Waals surface area contributed by atoms with Crippen molar-refractivity contribution < 1.29 is 19.6 Å². The third kappa shape index (κ3) is 5.82. The molecule has 39 heavy (non-hydrogen) atoms. The average molecular weight is 580 g/mol. The normalized spacial score (nSPS) is 15.1. The van der Waals surface area contributed by atoms with E-state index in [1.54, 1.807) is 12.1 Å². The largest absolute Gasteiger partial charge is 0.478 e. The molecule has 1 aliphatic rings. The number of halogens is 1. The van der Waals surface area contributed by atoms with Gasteiger partial charge in [-0.2, -0.15) is 4.68 Å². The smallest absolute Gasteiger partial charge is 0.337 e. The standard InChI is InChI=1S/C24H14ClN7O5S2/c25-17-8-7-14(12-16(17)22(34)35)26-23-27-21(33)20(38-23)11-13-6-9-19(18(10-13)32(36)37)39-24-28-29-30-31(24)15-4-2-1-3-5-15/h1-12H,(H,34,35)(H,26,27,33)/b20-11-. The van der Waals surface area contributed by atoms with Gasteiger partial charge in [0.2, 0.25) is 5.16 Å². The molecule has 5 rings (SSSR count). The summed E-state index contributed by atoms with van der Waals surface area (Å²) in [6.07, 6.45) is 1.50. The number of hydrogen-bond donors (Lipinski definition) is 2. The lowest BCUT2D eigenvalue weighted by Gasteiger charge is -2.05. The third-order valence-corrected chi connectivity index (χ3v) is 7.42. The number of nitro groups is 1. The Bertz CT molecular complexity index is 1690. The maximum atomic E-state index is 12.5. The zero-order valence-corrected chi connectivity index (χ0v) is 21.8. The van der Waals surface area contributed by atoms with Crippen LogP contribution in [0.15, 0.2) is 86.7 Å². The van der Waals surface area contributed by atoms with Crippen molar-refractivity contribution >= 4 is 69.6 Å². The predicted octanol–water partition coefficient (Wildman–Crippen LogP) is 4.96. The Morgan fingerprint density at radius 1 is 1.18 bits per heavy atom. The zero-order chi connectivity index (χ0) is 27.5. The molecule has 0 atom stereocenters. The lowest BCUT2D eigenvalue weighted by molar-refractivity contribution is -0.387. The van der Waals surface area contributed by atoms with Crippen LogP contribution >= 0.6 is 35.1 Å². The van der Waals surface area contributed by atoms with Gasteiger partial charge in [0.05, 0.1) is 36.7 Å². The molecule has 1 aromatic heterocycles. The molecule has 1 saturated heterocycles. The molecule has 2 heterocycles. The van der Waals surface area contributed by atoms with Crippen LogP contribution in [0.2, 0.25) is 5.02 Å². The number of carboxylic acids is 1. The first-order valence-corrected chi connectivity index (χ1v) is 12.9. The number of aromatic carboxylic acids is 1. The van der Waals surface area contributed by atoms with Gasteiger partial charge in [0.25, 0.3) is 11.6 Å². The Balaban J connectivity index is 1.39. The number of carbonyl (C=O) groups is 2. The lowest BCUT2D eigenvalue weighted by Crippen LogP contribution is -2.19. The second-order valence-electron chi connectivity index (χ2n) is 7.75. The summed E-state index contributed by atoms with van der Waals surface area (Å²) < 4.78 is 1.48. The maximum Gasteiger partial charge on any atom is 0.337 e. The van der Waals surface area contributed by atoms with Crippen molar-refractivity contribution in [1.29, 1.82) is 0 Å². The molecule has 2 N–H and O–H groups in total. The van der Waals surface area contributed by atoms with E-state index in [9.17, 15) is 24.8 Å². The summed E-state index contributed by atoms with van der Waals surface area (Å²) in [6, 6.07) is 17.9. The number of benzene rings is 3. The fourth-order valence-electron chi connectivity index (χ4n) is 3.42. The molecule has 4 aromatic rings. The van der Waals surface area contributed by atoms with Crippen LogP contribution in [-0.2, 0) is 4.79 Å². The molecule has 0 spiro atoms. The Hall–Kier alpha value is -4.53. The van der Waals surface area contributed by atoms with Crippen LogP contribution in [0.3, 0.4) is 0 Å². The Morgan fingerprint density at radius 2 is 1.97 bits per heavy atom. The molecule has 0 bridgehead atoms. The number of rotatable bonds is 7. The van der Waals surface area contributed by atoms with Crippen molar-refractivity contribution in [2.24, 2.45) is 4.99 Å². The van der Waals surface area contributed by atoms with Crippen LogP contribution in [-0.4, -0.2) is 47.3 Å². The van der Waals surface area contributed by atoms with Crippen molar-refractivity contribution in [1.82, 2.24) is 25.5 Å². The molecule has 1 aliphatic heterocycles. The highest BCUT2D eigenvalue weighted by atomic mass is 35.5. The summed E-state index contributed by atoms with van der Waals surface area (Å²) in [5.41, 5.74) is 1.11. The molecular weight excluding hydrogens is 566 g/mol. The number of hydrogen-bond acceptors (Lipinski definition) is 10. The van der Waals surface area contributed by atoms with Gasteiger partial charge in [0, 0.05) is 6.07 Å². The van der Waals surface area contributed by atoms with Crippen LogP contribution in [0, 0.1) is 10.1 Å².